The molecule has 1 aromatic carbocycles. The second-order valence-corrected chi connectivity index (χ2v) is 6.45. The minimum absolute atomic E-state index is 0.256. The maximum atomic E-state index is 13.5. The Morgan fingerprint density at radius 3 is 2.65 bits per heavy atom. The number of ether oxygens (including phenoxy) is 1. The lowest BCUT2D eigenvalue weighted by Crippen LogP contribution is -2.46. The van der Waals surface area contributed by atoms with Gasteiger partial charge in [0.05, 0.1) is 5.56 Å². The van der Waals surface area contributed by atoms with Crippen LogP contribution in [-0.2, 0) is 14.9 Å². The Morgan fingerprint density at radius 1 is 1.27 bits per heavy atom. The molecule has 0 amide bonds. The zero-order valence-corrected chi connectivity index (χ0v) is 14.9. The predicted octanol–water partition coefficient (Wildman–Crippen LogP) is 1.31. The Labute approximate surface area is 152 Å². The van der Waals surface area contributed by atoms with Crippen molar-refractivity contribution in [2.75, 3.05) is 20.2 Å². The molecule has 0 saturated carbocycles. The van der Waals surface area contributed by atoms with E-state index in [9.17, 15) is 18.0 Å². The van der Waals surface area contributed by atoms with Crippen molar-refractivity contribution in [3.8, 4) is 11.1 Å². The van der Waals surface area contributed by atoms with Crippen LogP contribution >= 0.6 is 0 Å². The fourth-order valence-corrected chi connectivity index (χ4v) is 2.56. The molecule has 9 heteroatoms. The van der Waals surface area contributed by atoms with Crippen LogP contribution in [0, 0.1) is 5.82 Å². The first kappa shape index (κ1) is 20.0. The zero-order chi connectivity index (χ0) is 19.3. The second kappa shape index (κ2) is 8.40. The SMILES string of the molecule is BC(B)(c1cncc(-c2ccc(F)c(C(F)F)c2)c1)N(C)CCOC=O. The summed E-state index contributed by atoms with van der Waals surface area (Å²) in [7, 11) is 5.83. The molecule has 0 aliphatic carbocycles. The number of pyridine rings is 1. The van der Waals surface area contributed by atoms with Crippen molar-refractivity contribution in [1.29, 1.82) is 0 Å². The van der Waals surface area contributed by atoms with Crippen molar-refractivity contribution in [3.05, 3.63) is 53.6 Å². The van der Waals surface area contributed by atoms with E-state index in [0.717, 1.165) is 17.7 Å². The number of alkyl halides is 2. The molecular formula is C17H19B2F3N2O2. The van der Waals surface area contributed by atoms with E-state index >= 15 is 0 Å². The van der Waals surface area contributed by atoms with Crippen LogP contribution in [-0.4, -0.2) is 52.2 Å². The normalized spacial score (nSPS) is 11.8. The minimum atomic E-state index is -2.88. The summed E-state index contributed by atoms with van der Waals surface area (Å²) in [5.41, 5.74) is 1.32. The van der Waals surface area contributed by atoms with Gasteiger partial charge in [-0.2, -0.15) is 0 Å². The van der Waals surface area contributed by atoms with E-state index in [2.05, 4.69) is 4.98 Å². The molecule has 0 aliphatic rings. The van der Waals surface area contributed by atoms with Gasteiger partial charge in [0.25, 0.3) is 12.9 Å². The molecule has 0 bridgehead atoms. The number of hydrogen-bond acceptors (Lipinski definition) is 4. The Kier molecular flexibility index (Phi) is 6.47. The molecule has 26 heavy (non-hydrogen) atoms. The standard InChI is InChI=1S/C17H19B2F3N2O2/c1-24(4-5-26-10-25)17(18,19)13-6-12(8-23-9-13)11-2-3-15(20)14(7-11)16(21)22/h2-3,6-10,16H,4-5,18-19H2,1H3. The van der Waals surface area contributed by atoms with Gasteiger partial charge in [-0.25, -0.2) is 13.2 Å². The molecule has 2 aromatic rings. The highest BCUT2D eigenvalue weighted by Crippen LogP contribution is 2.30. The molecule has 0 N–H and O–H groups in total. The molecule has 0 spiro atoms. The van der Waals surface area contributed by atoms with Crippen LogP contribution in [0.3, 0.4) is 0 Å². The van der Waals surface area contributed by atoms with E-state index in [1.54, 1.807) is 12.4 Å². The molecule has 0 radical (unpaired) electrons. The van der Waals surface area contributed by atoms with Crippen LogP contribution < -0.4 is 0 Å². The lowest BCUT2D eigenvalue weighted by atomic mass is 9.57. The van der Waals surface area contributed by atoms with Gasteiger partial charge in [-0.05, 0) is 41.7 Å². The van der Waals surface area contributed by atoms with Gasteiger partial charge in [-0.15, -0.1) is 0 Å². The summed E-state index contributed by atoms with van der Waals surface area (Å²) in [5, 5.41) is -0.444. The van der Waals surface area contributed by atoms with E-state index in [1.165, 1.54) is 6.07 Å². The van der Waals surface area contributed by atoms with Crippen molar-refractivity contribution in [1.82, 2.24) is 9.88 Å². The number of aromatic nitrogens is 1. The third-order valence-electron chi connectivity index (χ3n) is 4.58. The first-order chi connectivity index (χ1) is 12.3. The summed E-state index contributed by atoms with van der Waals surface area (Å²) in [6.07, 6.45) is 0.363. The average molecular weight is 362 g/mol. The summed E-state index contributed by atoms with van der Waals surface area (Å²) < 4.78 is 44.1. The maximum Gasteiger partial charge on any atom is 0.293 e. The summed E-state index contributed by atoms with van der Waals surface area (Å²) in [6, 6.07) is 5.48. The van der Waals surface area contributed by atoms with Crippen LogP contribution in [0.1, 0.15) is 17.6 Å². The number of nitrogens with zero attached hydrogens (tertiary/aromatic N) is 2. The van der Waals surface area contributed by atoms with Gasteiger partial charge in [0.1, 0.15) is 28.1 Å². The molecule has 4 nitrogen and oxygen atoms in total. The quantitative estimate of drug-likeness (QED) is 0.404. The number of carbonyl (C=O) groups is 1. The molecule has 0 aliphatic heterocycles. The number of rotatable bonds is 8. The molecule has 0 atom stereocenters. The minimum Gasteiger partial charge on any atom is -0.467 e. The monoisotopic (exact) mass is 362 g/mol. The molecule has 1 heterocycles. The number of benzene rings is 1. The Balaban J connectivity index is 2.32. The molecular weight excluding hydrogens is 343 g/mol. The van der Waals surface area contributed by atoms with Crippen molar-refractivity contribution < 1.29 is 22.7 Å². The van der Waals surface area contributed by atoms with Crippen LogP contribution in [0.2, 0.25) is 0 Å². The van der Waals surface area contributed by atoms with E-state index < -0.39 is 23.1 Å². The summed E-state index contributed by atoms with van der Waals surface area (Å²) in [6.45, 7) is 1.17. The van der Waals surface area contributed by atoms with Gasteiger partial charge in [0.15, 0.2) is 0 Å². The largest absolute Gasteiger partial charge is 0.467 e. The Hall–Kier alpha value is -2.28. The maximum absolute atomic E-state index is 13.5. The first-order valence-electron chi connectivity index (χ1n) is 8.07. The van der Waals surface area contributed by atoms with E-state index in [4.69, 9.17) is 4.74 Å². The fraction of sp³-hybridized carbons (Fsp3) is 0.294. The molecule has 136 valence electrons. The summed E-state index contributed by atoms with van der Waals surface area (Å²) in [5.74, 6) is -0.928. The Morgan fingerprint density at radius 2 is 2.00 bits per heavy atom. The van der Waals surface area contributed by atoms with Gasteiger partial charge in [0, 0.05) is 24.5 Å². The van der Waals surface area contributed by atoms with Gasteiger partial charge >= 0.3 is 0 Å². The predicted molar refractivity (Wildman–Crippen MR) is 98.0 cm³/mol. The van der Waals surface area contributed by atoms with Crippen LogP contribution in [0.25, 0.3) is 11.1 Å². The Bertz CT molecular complexity index is 775. The first-order valence-corrected chi connectivity index (χ1v) is 8.07. The average Bonchev–Trinajstić information content (AvgIpc) is 2.62. The summed E-state index contributed by atoms with van der Waals surface area (Å²) >= 11 is 0. The highest BCUT2D eigenvalue weighted by molar-refractivity contribution is 6.39. The van der Waals surface area contributed by atoms with Crippen molar-refractivity contribution in [3.63, 3.8) is 0 Å². The molecule has 0 fully saturated rings. The highest BCUT2D eigenvalue weighted by atomic mass is 19.3. The lowest BCUT2D eigenvalue weighted by Gasteiger charge is -2.36. The number of halogens is 3. The van der Waals surface area contributed by atoms with Crippen LogP contribution in [0.5, 0.6) is 0 Å². The van der Waals surface area contributed by atoms with Crippen molar-refractivity contribution in [2.24, 2.45) is 0 Å². The second-order valence-electron chi connectivity index (χ2n) is 6.45. The smallest absolute Gasteiger partial charge is 0.293 e. The molecule has 1 aromatic heterocycles. The van der Waals surface area contributed by atoms with E-state index in [-0.39, 0.29) is 6.61 Å². The number of carbonyl (C=O) groups excluding carboxylic acids is 1. The van der Waals surface area contributed by atoms with E-state index in [1.807, 2.05) is 33.7 Å². The third kappa shape index (κ3) is 4.46. The molecule has 0 unspecified atom stereocenters. The van der Waals surface area contributed by atoms with Crippen LogP contribution in [0.4, 0.5) is 13.2 Å². The van der Waals surface area contributed by atoms with Gasteiger partial charge in [-0.3, -0.25) is 9.78 Å². The van der Waals surface area contributed by atoms with Crippen molar-refractivity contribution >= 4 is 22.2 Å². The van der Waals surface area contributed by atoms with Gasteiger partial charge < -0.3 is 9.64 Å². The number of hydrogen-bond donors (Lipinski definition) is 0. The number of likely N-dealkylation sites (N-methyl/N-ethyl adjacent to an activating group) is 1. The highest BCUT2D eigenvalue weighted by Gasteiger charge is 2.26. The molecule has 0 saturated heterocycles. The van der Waals surface area contributed by atoms with Gasteiger partial charge in [0.2, 0.25) is 0 Å². The molecule has 2 rings (SSSR count). The summed E-state index contributed by atoms with van der Waals surface area (Å²) in [4.78, 5) is 16.5. The van der Waals surface area contributed by atoms with Crippen molar-refractivity contribution in [2.45, 2.75) is 11.8 Å². The van der Waals surface area contributed by atoms with Crippen LogP contribution in [0.15, 0.2) is 36.7 Å². The topological polar surface area (TPSA) is 42.4 Å². The van der Waals surface area contributed by atoms with E-state index in [0.29, 0.717) is 24.1 Å². The zero-order valence-electron chi connectivity index (χ0n) is 14.9. The fourth-order valence-electron chi connectivity index (χ4n) is 2.56. The lowest BCUT2D eigenvalue weighted by molar-refractivity contribution is -0.129. The third-order valence-corrected chi connectivity index (χ3v) is 4.58. The van der Waals surface area contributed by atoms with Gasteiger partial charge in [-0.1, -0.05) is 6.07 Å².